The molecule has 37 heavy (non-hydrogen) atoms. The number of nitrogens with one attached hydrogen (secondary N) is 1. The van der Waals surface area contributed by atoms with Gasteiger partial charge in [-0.3, -0.25) is 4.79 Å². The van der Waals surface area contributed by atoms with Crippen molar-refractivity contribution in [2.24, 2.45) is 0 Å². The third-order valence-corrected chi connectivity index (χ3v) is 7.43. The van der Waals surface area contributed by atoms with Crippen molar-refractivity contribution in [3.8, 4) is 11.5 Å². The van der Waals surface area contributed by atoms with Crippen molar-refractivity contribution in [2.45, 2.75) is 78.7 Å². The van der Waals surface area contributed by atoms with E-state index in [9.17, 15) is 9.90 Å². The number of carbonyl (C=O) groups excluding carboxylic acids is 1. The highest BCUT2D eigenvalue weighted by atomic mass is 16.6. The Morgan fingerprint density at radius 1 is 0.946 bits per heavy atom. The Morgan fingerprint density at radius 2 is 1.51 bits per heavy atom. The second kappa shape index (κ2) is 11.5. The summed E-state index contributed by atoms with van der Waals surface area (Å²) in [5.41, 5.74) is 0.439. The maximum Gasteiger partial charge on any atom is 0.220 e. The topological polar surface area (TPSA) is 71.0 Å². The Morgan fingerprint density at radius 3 is 2.11 bits per heavy atom. The van der Waals surface area contributed by atoms with Crippen molar-refractivity contribution >= 4 is 68.7 Å². The number of hydrogen-bond donors (Lipinski definition) is 2. The molecule has 2 heterocycles. The average molecular weight is 483 g/mol. The van der Waals surface area contributed by atoms with Crippen LogP contribution in [0.4, 0.5) is 0 Å². The van der Waals surface area contributed by atoms with Crippen molar-refractivity contribution in [3.05, 3.63) is 23.8 Å². The Hall–Kier alpha value is -1.27. The molecule has 2 N–H and O–H groups in total. The minimum absolute atomic E-state index is 0.260. The van der Waals surface area contributed by atoms with E-state index in [0.29, 0.717) is 36.7 Å². The minimum Gasteiger partial charge on any atom is -0.486 e. The molecule has 0 spiro atoms. The van der Waals surface area contributed by atoms with Gasteiger partial charge in [0, 0.05) is 13.0 Å². The summed E-state index contributed by atoms with van der Waals surface area (Å²) in [6, 6.07) is 3.97. The Kier molecular flexibility index (Phi) is 9.37. The molecule has 16 radical (unpaired) electrons. The van der Waals surface area contributed by atoms with Crippen LogP contribution in [0.3, 0.4) is 0 Å². The van der Waals surface area contributed by atoms with Crippen LogP contribution in [0.25, 0.3) is 0 Å². The molecular formula is C23H28B8N2O4. The second-order valence-electron chi connectivity index (χ2n) is 10.2. The molecule has 0 bridgehead atoms. The number of rotatable bonds is 11. The minimum atomic E-state index is -2.14. The molecule has 0 unspecified atom stereocenters. The molecule has 1 aromatic carbocycles. The molecule has 0 aromatic heterocycles. The van der Waals surface area contributed by atoms with Crippen LogP contribution in [0.1, 0.15) is 57.1 Å². The zero-order valence-electron chi connectivity index (χ0n) is 21.5. The lowest BCUT2D eigenvalue weighted by atomic mass is 9.17. The standard InChI is InChI=1S/C23H28B8N2O4/c1-2-3-4-5-6-7-18(34)32-15(19(35)14-8-9-16-17(12-14)37-11-10-36-16)13-33-22(28,29)20(24,25)21(26,27)23(33,30)31/h8-9,12,15,19,35H,2-7,10-11,13H2,1H3,(H,32,34)/t15-,19-/m1/s1. The van der Waals surface area contributed by atoms with E-state index < -0.39 is 33.2 Å². The molecule has 1 amide bonds. The molecule has 1 fully saturated rings. The van der Waals surface area contributed by atoms with Crippen LogP contribution < -0.4 is 14.8 Å². The van der Waals surface area contributed by atoms with Crippen molar-refractivity contribution in [1.82, 2.24) is 10.2 Å². The molecule has 14 heteroatoms. The van der Waals surface area contributed by atoms with E-state index in [-0.39, 0.29) is 18.9 Å². The largest absolute Gasteiger partial charge is 0.486 e. The second-order valence-corrected chi connectivity index (χ2v) is 10.2. The molecule has 2 atom stereocenters. The first-order valence-electron chi connectivity index (χ1n) is 12.6. The predicted molar refractivity (Wildman–Crippen MR) is 151 cm³/mol. The maximum absolute atomic E-state index is 12.9. The van der Waals surface area contributed by atoms with Crippen LogP contribution in [-0.4, -0.2) is 115 Å². The van der Waals surface area contributed by atoms with Crippen LogP contribution in [0.5, 0.6) is 11.5 Å². The van der Waals surface area contributed by atoms with Gasteiger partial charge in [0.1, 0.15) is 19.3 Å². The third kappa shape index (κ3) is 5.71. The Labute approximate surface area is 231 Å². The number of unbranched alkanes of at least 4 members (excludes halogenated alkanes) is 4. The number of likely N-dealkylation sites (tertiary alicyclic amines) is 1. The fourth-order valence-electron chi connectivity index (χ4n) is 4.78. The summed E-state index contributed by atoms with van der Waals surface area (Å²) >= 11 is 0. The van der Waals surface area contributed by atoms with Gasteiger partial charge in [0.25, 0.3) is 0 Å². The molecule has 3 rings (SSSR count). The van der Waals surface area contributed by atoms with E-state index in [4.69, 9.17) is 72.2 Å². The summed E-state index contributed by atoms with van der Waals surface area (Å²) in [6.45, 7) is 2.64. The summed E-state index contributed by atoms with van der Waals surface area (Å²) < 4.78 is 11.2. The van der Waals surface area contributed by atoms with Gasteiger partial charge in [0.05, 0.1) is 68.8 Å². The first-order valence-corrected chi connectivity index (χ1v) is 12.6. The van der Waals surface area contributed by atoms with Crippen LogP contribution in [-0.2, 0) is 4.79 Å². The molecule has 0 aliphatic carbocycles. The first kappa shape index (κ1) is 30.3. The normalized spacial score (nSPS) is 22.6. The number of nitrogens with zero attached hydrogens (tertiary/aromatic N) is 1. The monoisotopic (exact) mass is 484 g/mol. The van der Waals surface area contributed by atoms with Crippen LogP contribution in [0, 0.1) is 0 Å². The van der Waals surface area contributed by atoms with Crippen molar-refractivity contribution in [3.63, 3.8) is 0 Å². The van der Waals surface area contributed by atoms with Gasteiger partial charge in [-0.25, -0.2) is 0 Å². The van der Waals surface area contributed by atoms with Gasteiger partial charge in [-0.15, -0.1) is 10.4 Å². The number of aliphatic hydroxyl groups is 1. The fourth-order valence-corrected chi connectivity index (χ4v) is 4.78. The predicted octanol–water partition coefficient (Wildman–Crippen LogP) is -0.460. The molecule has 2 aliphatic rings. The molecule has 1 saturated heterocycles. The van der Waals surface area contributed by atoms with E-state index in [1.54, 1.807) is 18.2 Å². The SMILES string of the molecule is [B]C1([B])N(C[C@@H](NC(=O)CCCCCCC)[C@H](O)c2ccc3c(c2)OCCO3)C([B])([B])C([B])([B])C1([B])[B]. The van der Waals surface area contributed by atoms with Crippen LogP contribution in [0.15, 0.2) is 18.2 Å². The number of aliphatic hydroxyl groups excluding tert-OH is 1. The third-order valence-electron chi connectivity index (χ3n) is 7.43. The van der Waals surface area contributed by atoms with Gasteiger partial charge in [-0.05, 0) is 24.1 Å². The smallest absolute Gasteiger partial charge is 0.220 e. The lowest BCUT2D eigenvalue weighted by Gasteiger charge is -2.49. The summed E-state index contributed by atoms with van der Waals surface area (Å²) in [4.78, 5) is 14.0. The molecule has 2 aliphatic heterocycles. The Balaban J connectivity index is 1.88. The zero-order valence-corrected chi connectivity index (χ0v) is 21.5. The Bertz CT molecular complexity index is 937. The number of fused-ring (bicyclic) bond motifs is 1. The molecule has 6 nitrogen and oxygen atoms in total. The highest BCUT2D eigenvalue weighted by molar-refractivity contribution is 6.67. The maximum atomic E-state index is 12.9. The number of hydrogen-bond acceptors (Lipinski definition) is 5. The van der Waals surface area contributed by atoms with Crippen molar-refractivity contribution < 1.29 is 19.4 Å². The summed E-state index contributed by atoms with van der Waals surface area (Å²) in [6.07, 6.45) is 3.85. The van der Waals surface area contributed by atoms with Gasteiger partial charge < -0.3 is 24.8 Å². The number of benzene rings is 1. The molecular weight excluding hydrogens is 455 g/mol. The van der Waals surface area contributed by atoms with Gasteiger partial charge in [-0.2, -0.15) is 0 Å². The number of amides is 1. The lowest BCUT2D eigenvalue weighted by molar-refractivity contribution is -0.123. The van der Waals surface area contributed by atoms with Crippen molar-refractivity contribution in [1.29, 1.82) is 0 Å². The van der Waals surface area contributed by atoms with Crippen LogP contribution >= 0.6 is 0 Å². The lowest BCUT2D eigenvalue weighted by Crippen LogP contribution is -2.63. The van der Waals surface area contributed by atoms with Gasteiger partial charge in [-0.1, -0.05) is 49.3 Å². The first-order chi connectivity index (χ1) is 17.2. The fraction of sp³-hybridized carbons (Fsp3) is 0.696. The highest BCUT2D eigenvalue weighted by Gasteiger charge is 2.63. The molecule has 178 valence electrons. The van der Waals surface area contributed by atoms with Gasteiger partial charge in [0.2, 0.25) is 5.91 Å². The van der Waals surface area contributed by atoms with E-state index in [2.05, 4.69) is 12.2 Å². The molecule has 0 saturated carbocycles. The average Bonchev–Trinajstić information content (AvgIpc) is 2.90. The molecule has 1 aromatic rings. The van der Waals surface area contributed by atoms with E-state index in [0.717, 1.165) is 30.6 Å². The van der Waals surface area contributed by atoms with Crippen molar-refractivity contribution in [2.75, 3.05) is 19.8 Å². The van der Waals surface area contributed by atoms with E-state index in [1.807, 2.05) is 0 Å². The quantitative estimate of drug-likeness (QED) is 0.330. The van der Waals surface area contributed by atoms with E-state index in [1.165, 1.54) is 0 Å². The van der Waals surface area contributed by atoms with Crippen LogP contribution in [0.2, 0.25) is 10.4 Å². The summed E-state index contributed by atoms with van der Waals surface area (Å²) in [5.74, 6) is 0.734. The highest BCUT2D eigenvalue weighted by Crippen LogP contribution is 2.63. The van der Waals surface area contributed by atoms with E-state index >= 15 is 0 Å². The summed E-state index contributed by atoms with van der Waals surface area (Å²) in [5, 5.41) is 5.78. The number of carbonyl (C=O) groups is 1. The summed E-state index contributed by atoms with van der Waals surface area (Å²) in [7, 11) is 49.7. The zero-order chi connectivity index (χ0) is 27.6. The number of ether oxygens (including phenoxy) is 2. The van der Waals surface area contributed by atoms with Gasteiger partial charge >= 0.3 is 0 Å². The van der Waals surface area contributed by atoms with Gasteiger partial charge in [0.15, 0.2) is 11.5 Å².